The van der Waals surface area contributed by atoms with Crippen LogP contribution in [-0.2, 0) is 0 Å². The first-order chi connectivity index (χ1) is 9.99. The molecular formula is C15H14BrClFNO2. The smallest absolute Gasteiger partial charge is 0.141 e. The second-order valence-corrected chi connectivity index (χ2v) is 5.55. The quantitative estimate of drug-likeness (QED) is 0.867. The van der Waals surface area contributed by atoms with E-state index < -0.39 is 11.9 Å². The molecule has 0 heterocycles. The molecule has 21 heavy (non-hydrogen) atoms. The highest BCUT2D eigenvalue weighted by atomic mass is 79.9. The Morgan fingerprint density at radius 1 is 1.14 bits per heavy atom. The van der Waals surface area contributed by atoms with Crippen LogP contribution in [0.25, 0.3) is 0 Å². The molecule has 2 aromatic carbocycles. The van der Waals surface area contributed by atoms with Crippen molar-refractivity contribution in [2.75, 3.05) is 14.2 Å². The zero-order chi connectivity index (χ0) is 15.6. The number of hydrogen-bond acceptors (Lipinski definition) is 3. The highest BCUT2D eigenvalue weighted by Crippen LogP contribution is 2.41. The summed E-state index contributed by atoms with van der Waals surface area (Å²) in [6.07, 6.45) is 0. The molecule has 0 radical (unpaired) electrons. The van der Waals surface area contributed by atoms with Crippen LogP contribution in [0.3, 0.4) is 0 Å². The third-order valence-corrected chi connectivity index (χ3v) is 4.23. The van der Waals surface area contributed by atoms with Crippen LogP contribution in [-0.4, -0.2) is 14.2 Å². The molecule has 0 saturated heterocycles. The van der Waals surface area contributed by atoms with Crippen molar-refractivity contribution in [2.24, 2.45) is 5.73 Å². The molecule has 0 spiro atoms. The van der Waals surface area contributed by atoms with Crippen molar-refractivity contribution in [3.05, 3.63) is 56.8 Å². The van der Waals surface area contributed by atoms with Crippen LogP contribution in [0.4, 0.5) is 4.39 Å². The van der Waals surface area contributed by atoms with Crippen molar-refractivity contribution < 1.29 is 13.9 Å². The molecule has 1 atom stereocenters. The Kier molecular flexibility index (Phi) is 5.08. The number of halogens is 3. The van der Waals surface area contributed by atoms with Gasteiger partial charge < -0.3 is 15.2 Å². The van der Waals surface area contributed by atoms with Crippen molar-refractivity contribution in [1.29, 1.82) is 0 Å². The molecule has 2 rings (SSSR count). The van der Waals surface area contributed by atoms with Gasteiger partial charge in [0.1, 0.15) is 21.8 Å². The summed E-state index contributed by atoms with van der Waals surface area (Å²) in [4.78, 5) is 0. The van der Waals surface area contributed by atoms with Gasteiger partial charge in [-0.25, -0.2) is 4.39 Å². The standard InChI is InChI=1S/C15H14BrClFNO2/c1-20-12-6-5-10(15(21-2)13(12)16)14(19)9-4-3-8(18)7-11(9)17/h3-7,14H,19H2,1-2H3. The minimum atomic E-state index is -0.546. The van der Waals surface area contributed by atoms with E-state index in [1.807, 2.05) is 0 Å². The van der Waals surface area contributed by atoms with Crippen molar-refractivity contribution in [1.82, 2.24) is 0 Å². The van der Waals surface area contributed by atoms with E-state index in [0.29, 0.717) is 21.5 Å². The maximum Gasteiger partial charge on any atom is 0.141 e. The predicted octanol–water partition coefficient (Wildman–Crippen LogP) is 4.31. The maximum atomic E-state index is 13.1. The third-order valence-electron chi connectivity index (χ3n) is 3.15. The molecule has 2 aromatic rings. The summed E-state index contributed by atoms with van der Waals surface area (Å²) in [6, 6.07) is 7.16. The van der Waals surface area contributed by atoms with Gasteiger partial charge in [0.25, 0.3) is 0 Å². The van der Waals surface area contributed by atoms with E-state index in [1.54, 1.807) is 32.4 Å². The molecule has 3 nitrogen and oxygen atoms in total. The monoisotopic (exact) mass is 373 g/mol. The molecule has 112 valence electrons. The lowest BCUT2D eigenvalue weighted by molar-refractivity contribution is 0.385. The fourth-order valence-corrected chi connectivity index (χ4v) is 3.05. The van der Waals surface area contributed by atoms with Gasteiger partial charge in [-0.15, -0.1) is 0 Å². The molecule has 2 N–H and O–H groups in total. The minimum absolute atomic E-state index is 0.275. The number of hydrogen-bond donors (Lipinski definition) is 1. The lowest BCUT2D eigenvalue weighted by Crippen LogP contribution is -2.14. The number of nitrogens with two attached hydrogens (primary N) is 1. The van der Waals surface area contributed by atoms with Crippen LogP contribution in [0.2, 0.25) is 5.02 Å². The summed E-state index contributed by atoms with van der Waals surface area (Å²) in [7, 11) is 3.11. The molecule has 0 amide bonds. The minimum Gasteiger partial charge on any atom is -0.495 e. The molecule has 0 bridgehead atoms. The average molecular weight is 375 g/mol. The highest BCUT2D eigenvalue weighted by Gasteiger charge is 2.21. The zero-order valence-electron chi connectivity index (χ0n) is 11.5. The molecule has 0 saturated carbocycles. The molecule has 0 aliphatic heterocycles. The Bertz CT molecular complexity index is 666. The Hall–Kier alpha value is -1.30. The van der Waals surface area contributed by atoms with Crippen LogP contribution in [0.15, 0.2) is 34.8 Å². The molecule has 1 unspecified atom stereocenters. The molecule has 0 fully saturated rings. The van der Waals surface area contributed by atoms with Crippen LogP contribution < -0.4 is 15.2 Å². The van der Waals surface area contributed by atoms with Gasteiger partial charge >= 0.3 is 0 Å². The molecule has 0 aliphatic carbocycles. The highest BCUT2D eigenvalue weighted by molar-refractivity contribution is 9.10. The van der Waals surface area contributed by atoms with Crippen molar-refractivity contribution >= 4 is 27.5 Å². The van der Waals surface area contributed by atoms with E-state index in [-0.39, 0.29) is 5.02 Å². The molecule has 0 aromatic heterocycles. The summed E-state index contributed by atoms with van der Waals surface area (Å²) in [6.45, 7) is 0. The summed E-state index contributed by atoms with van der Waals surface area (Å²) in [5.74, 6) is 0.786. The van der Waals surface area contributed by atoms with E-state index in [4.69, 9.17) is 26.8 Å². The Morgan fingerprint density at radius 2 is 1.81 bits per heavy atom. The van der Waals surface area contributed by atoms with Gasteiger partial charge in [-0.05, 0) is 45.8 Å². The molecule has 6 heteroatoms. The van der Waals surface area contributed by atoms with E-state index in [0.717, 1.165) is 5.56 Å². The van der Waals surface area contributed by atoms with Crippen LogP contribution in [0.5, 0.6) is 11.5 Å². The number of ether oxygens (including phenoxy) is 2. The van der Waals surface area contributed by atoms with Gasteiger partial charge in [0.05, 0.1) is 20.3 Å². The summed E-state index contributed by atoms with van der Waals surface area (Å²) in [5, 5.41) is 0.275. The van der Waals surface area contributed by atoms with Crippen LogP contribution in [0, 0.1) is 5.82 Å². The first-order valence-corrected chi connectivity index (χ1v) is 7.27. The van der Waals surface area contributed by atoms with E-state index in [9.17, 15) is 4.39 Å². The van der Waals surface area contributed by atoms with Crippen molar-refractivity contribution in [3.63, 3.8) is 0 Å². The molecular weight excluding hydrogens is 361 g/mol. The zero-order valence-corrected chi connectivity index (χ0v) is 13.8. The topological polar surface area (TPSA) is 44.5 Å². The lowest BCUT2D eigenvalue weighted by Gasteiger charge is -2.19. The third kappa shape index (κ3) is 3.15. The van der Waals surface area contributed by atoms with E-state index in [2.05, 4.69) is 15.9 Å². The lowest BCUT2D eigenvalue weighted by atomic mass is 9.98. The average Bonchev–Trinajstić information content (AvgIpc) is 2.46. The van der Waals surface area contributed by atoms with Gasteiger partial charge in [0.2, 0.25) is 0 Å². The van der Waals surface area contributed by atoms with E-state index >= 15 is 0 Å². The van der Waals surface area contributed by atoms with Crippen LogP contribution in [0.1, 0.15) is 17.2 Å². The summed E-state index contributed by atoms with van der Waals surface area (Å²) < 4.78 is 24.4. The second kappa shape index (κ2) is 6.64. The molecule has 0 aliphatic rings. The van der Waals surface area contributed by atoms with E-state index in [1.165, 1.54) is 12.1 Å². The maximum absolute atomic E-state index is 13.1. The van der Waals surface area contributed by atoms with Crippen LogP contribution >= 0.6 is 27.5 Å². The van der Waals surface area contributed by atoms with Gasteiger partial charge in [-0.2, -0.15) is 0 Å². The normalized spacial score (nSPS) is 12.1. The first-order valence-electron chi connectivity index (χ1n) is 6.10. The Balaban J connectivity index is 2.52. The predicted molar refractivity (Wildman–Crippen MR) is 84.7 cm³/mol. The van der Waals surface area contributed by atoms with Gasteiger partial charge in [0.15, 0.2) is 0 Å². The SMILES string of the molecule is COc1ccc(C(N)c2ccc(F)cc2Cl)c(OC)c1Br. The first kappa shape index (κ1) is 16.1. The van der Waals surface area contributed by atoms with Crippen molar-refractivity contribution in [3.8, 4) is 11.5 Å². The Labute approximate surface area is 135 Å². The number of methoxy groups -OCH3 is 2. The number of benzene rings is 2. The fourth-order valence-electron chi connectivity index (χ4n) is 2.08. The van der Waals surface area contributed by atoms with Gasteiger partial charge in [-0.1, -0.05) is 17.7 Å². The summed E-state index contributed by atoms with van der Waals surface area (Å²) in [5.41, 5.74) is 7.60. The van der Waals surface area contributed by atoms with Gasteiger partial charge in [-0.3, -0.25) is 0 Å². The fraction of sp³-hybridized carbons (Fsp3) is 0.200. The number of rotatable bonds is 4. The van der Waals surface area contributed by atoms with Gasteiger partial charge in [0, 0.05) is 10.6 Å². The van der Waals surface area contributed by atoms with Crippen molar-refractivity contribution in [2.45, 2.75) is 6.04 Å². The summed E-state index contributed by atoms with van der Waals surface area (Å²) >= 11 is 9.50. The largest absolute Gasteiger partial charge is 0.495 e. The Morgan fingerprint density at radius 3 is 2.38 bits per heavy atom. The second-order valence-electron chi connectivity index (χ2n) is 4.35.